The number of aromatic nitrogens is 2. The van der Waals surface area contributed by atoms with Crippen molar-refractivity contribution >= 4 is 48.4 Å². The van der Waals surface area contributed by atoms with Crippen LogP contribution in [0.1, 0.15) is 18.1 Å². The van der Waals surface area contributed by atoms with Crippen LogP contribution in [0.4, 0.5) is 0 Å². The van der Waals surface area contributed by atoms with E-state index in [1.165, 1.54) is 6.26 Å². The highest BCUT2D eigenvalue weighted by Gasteiger charge is 2.16. The highest BCUT2D eigenvalue weighted by Crippen LogP contribution is 2.26. The smallest absolute Gasteiger partial charge is 0.260 e. The molecule has 0 spiro atoms. The number of hydrogen-bond acceptors (Lipinski definition) is 5. The van der Waals surface area contributed by atoms with Crippen molar-refractivity contribution in [2.75, 3.05) is 6.26 Å². The number of imidazole rings is 1. The van der Waals surface area contributed by atoms with E-state index in [-0.39, 0.29) is 17.3 Å². The van der Waals surface area contributed by atoms with Gasteiger partial charge in [-0.15, -0.1) is 0 Å². The van der Waals surface area contributed by atoms with Gasteiger partial charge in [0.2, 0.25) is 0 Å². The first-order valence-electron chi connectivity index (χ1n) is 10.5. The summed E-state index contributed by atoms with van der Waals surface area (Å²) in [6.45, 7) is 3.80. The summed E-state index contributed by atoms with van der Waals surface area (Å²) in [6.07, 6.45) is 1.17. The van der Waals surface area contributed by atoms with Gasteiger partial charge in [-0.25, -0.2) is 18.8 Å². The second kappa shape index (κ2) is 9.52. The largest absolute Gasteiger partial charge is 0.314 e. The minimum absolute atomic E-state index is 0.000159. The van der Waals surface area contributed by atoms with Crippen LogP contribution < -0.4 is 5.43 Å². The van der Waals surface area contributed by atoms with Crippen molar-refractivity contribution in [1.29, 1.82) is 0 Å². The summed E-state index contributed by atoms with van der Waals surface area (Å²) in [4.78, 5) is 17.8. The van der Waals surface area contributed by atoms with Crippen LogP contribution in [0.15, 0.2) is 81.2 Å². The fourth-order valence-corrected chi connectivity index (χ4v) is 4.45. The molecular weight excluding hydrogens is 516 g/mol. The number of rotatable bonds is 6. The molecule has 0 unspecified atom stereocenters. The monoisotopic (exact) mass is 538 g/mol. The lowest BCUT2D eigenvalue weighted by Gasteiger charge is -2.10. The number of sulfone groups is 1. The Morgan fingerprint density at radius 2 is 1.74 bits per heavy atom. The number of nitrogens with zero attached hydrogens (tertiary/aromatic N) is 3. The van der Waals surface area contributed by atoms with Crippen LogP contribution in [0.25, 0.3) is 22.4 Å². The van der Waals surface area contributed by atoms with Gasteiger partial charge in [-0.05, 0) is 73.5 Å². The number of aryl methyl sites for hydroxylation is 1. The minimum Gasteiger partial charge on any atom is -0.314 e. The lowest BCUT2D eigenvalue weighted by atomic mass is 10.1. The predicted molar refractivity (Wildman–Crippen MR) is 138 cm³/mol. The Labute approximate surface area is 206 Å². The lowest BCUT2D eigenvalue weighted by Crippen LogP contribution is -2.24. The number of nitrogens with one attached hydrogen (secondary N) is 1. The third-order valence-electron chi connectivity index (χ3n) is 5.36. The molecule has 34 heavy (non-hydrogen) atoms. The summed E-state index contributed by atoms with van der Waals surface area (Å²) in [5.41, 5.74) is 7.53. The highest BCUT2D eigenvalue weighted by atomic mass is 79.9. The Balaban J connectivity index is 1.65. The lowest BCUT2D eigenvalue weighted by molar-refractivity contribution is -0.121. The molecule has 0 aliphatic carbocycles. The molecule has 1 aromatic heterocycles. The van der Waals surface area contributed by atoms with Crippen molar-refractivity contribution in [3.05, 3.63) is 82.3 Å². The van der Waals surface area contributed by atoms with Crippen molar-refractivity contribution < 1.29 is 13.2 Å². The summed E-state index contributed by atoms with van der Waals surface area (Å²) in [5.74, 6) is 0.273. The third-order valence-corrected chi connectivity index (χ3v) is 7.01. The van der Waals surface area contributed by atoms with Crippen molar-refractivity contribution in [2.24, 2.45) is 5.10 Å². The molecule has 7 nitrogen and oxygen atoms in total. The molecule has 0 saturated carbocycles. The number of carbonyl (C=O) groups excluding carboxylic acids is 1. The zero-order chi connectivity index (χ0) is 24.5. The number of carbonyl (C=O) groups is 1. The molecular formula is C25H23BrN4O3S. The van der Waals surface area contributed by atoms with Gasteiger partial charge < -0.3 is 4.57 Å². The van der Waals surface area contributed by atoms with Gasteiger partial charge >= 0.3 is 0 Å². The molecule has 3 aromatic carbocycles. The molecule has 0 saturated heterocycles. The van der Waals surface area contributed by atoms with Gasteiger partial charge in [-0.3, -0.25) is 4.79 Å². The molecule has 0 radical (unpaired) electrons. The van der Waals surface area contributed by atoms with Crippen molar-refractivity contribution in [1.82, 2.24) is 15.0 Å². The van der Waals surface area contributed by atoms with Crippen LogP contribution in [0.5, 0.6) is 0 Å². The maximum Gasteiger partial charge on any atom is 0.260 e. The van der Waals surface area contributed by atoms with Crippen LogP contribution in [-0.2, 0) is 21.2 Å². The summed E-state index contributed by atoms with van der Waals surface area (Å²) >= 11 is 3.41. The first kappa shape index (κ1) is 23.8. The second-order valence-electron chi connectivity index (χ2n) is 8.05. The normalized spacial score (nSPS) is 12.2. The van der Waals surface area contributed by atoms with Crippen LogP contribution in [0.2, 0.25) is 0 Å². The minimum atomic E-state index is -3.31. The number of benzene rings is 3. The molecule has 174 valence electrons. The summed E-state index contributed by atoms with van der Waals surface area (Å²) in [6, 6.07) is 20.0. The number of amides is 1. The van der Waals surface area contributed by atoms with E-state index in [2.05, 4.69) is 26.5 Å². The Kier molecular flexibility index (Phi) is 6.67. The van der Waals surface area contributed by atoms with Gasteiger partial charge in [0.05, 0.1) is 21.6 Å². The van der Waals surface area contributed by atoms with Crippen molar-refractivity contribution in [2.45, 2.75) is 25.3 Å². The molecule has 0 aliphatic heterocycles. The zero-order valence-corrected chi connectivity index (χ0v) is 21.3. The van der Waals surface area contributed by atoms with Crippen LogP contribution in [-0.4, -0.2) is 35.8 Å². The molecule has 0 bridgehead atoms. The Morgan fingerprint density at radius 1 is 1.06 bits per heavy atom. The fraction of sp³-hybridized carbons (Fsp3) is 0.160. The molecule has 1 amide bonds. The summed E-state index contributed by atoms with van der Waals surface area (Å²) in [7, 11) is -3.31. The molecule has 4 aromatic rings. The first-order valence-corrected chi connectivity index (χ1v) is 13.2. The van der Waals surface area contributed by atoms with E-state index in [0.717, 1.165) is 26.6 Å². The summed E-state index contributed by atoms with van der Waals surface area (Å²) < 4.78 is 26.4. The van der Waals surface area contributed by atoms with Crippen LogP contribution >= 0.6 is 15.9 Å². The maximum absolute atomic E-state index is 12.8. The van der Waals surface area contributed by atoms with Gasteiger partial charge in [0.15, 0.2) is 9.84 Å². The van der Waals surface area contributed by atoms with E-state index < -0.39 is 9.84 Å². The Morgan fingerprint density at radius 3 is 2.38 bits per heavy atom. The maximum atomic E-state index is 12.8. The van der Waals surface area contributed by atoms with E-state index >= 15 is 0 Å². The Hall–Kier alpha value is -3.30. The fourth-order valence-electron chi connectivity index (χ4n) is 3.55. The molecule has 0 atom stereocenters. The van der Waals surface area contributed by atoms with Crippen molar-refractivity contribution in [3.8, 4) is 11.4 Å². The number of hydrogen-bond donors (Lipinski definition) is 1. The summed E-state index contributed by atoms with van der Waals surface area (Å²) in [5, 5.41) is 4.24. The average molecular weight is 539 g/mol. The van der Waals surface area contributed by atoms with E-state index in [1.54, 1.807) is 24.3 Å². The highest BCUT2D eigenvalue weighted by molar-refractivity contribution is 9.10. The van der Waals surface area contributed by atoms with Crippen LogP contribution in [0.3, 0.4) is 0 Å². The Bertz CT molecular complexity index is 1510. The third kappa shape index (κ3) is 5.26. The quantitative estimate of drug-likeness (QED) is 0.284. The van der Waals surface area contributed by atoms with E-state index in [4.69, 9.17) is 4.98 Å². The number of halogens is 1. The average Bonchev–Trinajstić information content (AvgIpc) is 3.14. The molecule has 0 fully saturated rings. The van der Waals surface area contributed by atoms with Gasteiger partial charge in [-0.2, -0.15) is 5.10 Å². The molecule has 9 heteroatoms. The zero-order valence-electron chi connectivity index (χ0n) is 18.9. The topological polar surface area (TPSA) is 93.4 Å². The first-order chi connectivity index (χ1) is 16.1. The SMILES string of the molecule is C/C(=N/NC(=O)Cn1c(-c2ccc(S(C)(=O)=O)cc2)nc2cc(C)ccc21)c1ccc(Br)cc1. The van der Waals surface area contributed by atoms with E-state index in [1.807, 2.05) is 60.9 Å². The molecule has 4 rings (SSSR count). The number of hydrazone groups is 1. The van der Waals surface area contributed by atoms with Crippen LogP contribution in [0, 0.1) is 6.92 Å². The van der Waals surface area contributed by atoms with Crippen molar-refractivity contribution in [3.63, 3.8) is 0 Å². The predicted octanol–water partition coefficient (Wildman–Crippen LogP) is 4.72. The van der Waals surface area contributed by atoms with E-state index in [9.17, 15) is 13.2 Å². The van der Waals surface area contributed by atoms with Gasteiger partial charge in [0.25, 0.3) is 5.91 Å². The molecule has 0 aliphatic rings. The van der Waals surface area contributed by atoms with Gasteiger partial charge in [0, 0.05) is 16.3 Å². The molecule has 1 N–H and O–H groups in total. The van der Waals surface area contributed by atoms with Gasteiger partial charge in [-0.1, -0.05) is 34.1 Å². The second-order valence-corrected chi connectivity index (χ2v) is 11.0. The standard InChI is InChI=1S/C25H23BrN4O3S/c1-16-4-13-23-22(14-16)27-25(19-7-11-21(12-8-19)34(3,32)33)30(23)15-24(31)29-28-17(2)18-5-9-20(26)10-6-18/h4-14H,15H2,1-3H3,(H,29,31)/b28-17-. The number of fused-ring (bicyclic) bond motifs is 1. The molecule has 1 heterocycles. The van der Waals surface area contributed by atoms with Gasteiger partial charge in [0.1, 0.15) is 12.4 Å². The van der Waals surface area contributed by atoms with E-state index in [0.29, 0.717) is 17.1 Å².